The lowest BCUT2D eigenvalue weighted by atomic mass is 10.0. The van der Waals surface area contributed by atoms with Crippen molar-refractivity contribution < 1.29 is 18.9 Å². The Bertz CT molecular complexity index is 1590. The number of allylic oxidation sites excluding steroid dienone is 3. The van der Waals surface area contributed by atoms with Crippen LogP contribution in [0.2, 0.25) is 0 Å². The molecule has 0 saturated heterocycles. The summed E-state index contributed by atoms with van der Waals surface area (Å²) in [5.41, 5.74) is 5.12. The number of hydroxylamine groups is 3. The summed E-state index contributed by atoms with van der Waals surface area (Å²) in [6, 6.07) is 6.31. The van der Waals surface area contributed by atoms with Crippen LogP contribution in [0, 0.1) is 5.82 Å². The number of aromatic nitrogens is 3. The fourth-order valence-electron chi connectivity index (χ4n) is 3.96. The number of benzene rings is 1. The molecule has 1 aromatic carbocycles. The number of carbonyl (C=O) groups excluding carboxylic acids is 2. The Balaban J connectivity index is 1.53. The zero-order chi connectivity index (χ0) is 27.5. The van der Waals surface area contributed by atoms with Crippen LogP contribution in [-0.4, -0.2) is 44.4 Å². The maximum absolute atomic E-state index is 13.6. The third-order valence-corrected chi connectivity index (χ3v) is 6.23. The molecule has 0 saturated carbocycles. The van der Waals surface area contributed by atoms with Gasteiger partial charge in [-0.1, -0.05) is 0 Å². The van der Waals surface area contributed by atoms with Gasteiger partial charge in [0.05, 0.1) is 36.4 Å². The second-order valence-corrected chi connectivity index (χ2v) is 8.82. The summed E-state index contributed by atoms with van der Waals surface area (Å²) < 4.78 is 14.8. The standard InChI is InChI=1S/C27H24FN7O4/c1-16(29-2)26(37)33-25-27(38)34(23(14-31-25)19-7-8-35-22(10-19)13-32-39-35)15-17-9-20(12-30-11-17)24(36)18-3-5-21(28)6-4-18/h3-14,16,29,32H,15H2,1-2H3,(H,31,33,37)/t16-/m0/s1. The number of carbonyl (C=O) groups is 2. The molecule has 0 unspecified atom stereocenters. The summed E-state index contributed by atoms with van der Waals surface area (Å²) in [5.74, 6) is -1.33. The maximum Gasteiger partial charge on any atom is 0.294 e. The normalized spacial score (nSPS) is 14.7. The molecule has 2 aliphatic rings. The van der Waals surface area contributed by atoms with E-state index in [9.17, 15) is 18.8 Å². The largest absolute Gasteiger partial charge is 0.309 e. The van der Waals surface area contributed by atoms with Gasteiger partial charge in [0.1, 0.15) is 5.82 Å². The van der Waals surface area contributed by atoms with E-state index in [0.717, 1.165) is 0 Å². The molecule has 2 aliphatic heterocycles. The quantitative estimate of drug-likeness (QED) is 0.376. The van der Waals surface area contributed by atoms with E-state index in [1.54, 1.807) is 50.8 Å². The first-order valence-electron chi connectivity index (χ1n) is 12.0. The topological polar surface area (TPSA) is 130 Å². The van der Waals surface area contributed by atoms with Crippen molar-refractivity contribution in [3.63, 3.8) is 0 Å². The maximum atomic E-state index is 13.6. The van der Waals surface area contributed by atoms with Gasteiger partial charge in [0.15, 0.2) is 11.6 Å². The van der Waals surface area contributed by atoms with Crippen LogP contribution in [0.15, 0.2) is 84.0 Å². The molecule has 3 aromatic rings. The number of rotatable bonds is 8. The highest BCUT2D eigenvalue weighted by molar-refractivity contribution is 6.08. The number of anilines is 1. The summed E-state index contributed by atoms with van der Waals surface area (Å²) >= 11 is 0. The SMILES string of the molecule is CN[C@@H](C)C(=O)Nc1ncc(C2=CC3=CNON3C=C2)n(Cc2cncc(C(=O)c3ccc(F)cc3)c2)c1=O. The molecule has 1 amide bonds. The summed E-state index contributed by atoms with van der Waals surface area (Å²) in [6.45, 7) is 1.69. The monoisotopic (exact) mass is 529 g/mol. The Kier molecular flexibility index (Phi) is 7.12. The molecule has 2 aromatic heterocycles. The molecule has 11 nitrogen and oxygen atoms in total. The average molecular weight is 530 g/mol. The molecule has 0 spiro atoms. The van der Waals surface area contributed by atoms with Crippen LogP contribution >= 0.6 is 0 Å². The molecule has 198 valence electrons. The molecule has 0 fully saturated rings. The predicted molar refractivity (Wildman–Crippen MR) is 140 cm³/mol. The van der Waals surface area contributed by atoms with Gasteiger partial charge in [-0.25, -0.2) is 19.9 Å². The minimum Gasteiger partial charge on any atom is -0.309 e. The number of halogens is 1. The first kappa shape index (κ1) is 25.7. The van der Waals surface area contributed by atoms with Gasteiger partial charge < -0.3 is 10.6 Å². The molecule has 4 heterocycles. The number of nitrogens with zero attached hydrogens (tertiary/aromatic N) is 4. The average Bonchev–Trinajstić information content (AvgIpc) is 3.43. The third-order valence-electron chi connectivity index (χ3n) is 6.23. The van der Waals surface area contributed by atoms with Crippen LogP contribution in [0.4, 0.5) is 10.2 Å². The molecule has 1 atom stereocenters. The smallest absolute Gasteiger partial charge is 0.294 e. The van der Waals surface area contributed by atoms with Crippen molar-refractivity contribution >= 4 is 23.1 Å². The molecular weight excluding hydrogens is 505 g/mol. The molecule has 12 heteroatoms. The second-order valence-electron chi connectivity index (χ2n) is 8.82. The van der Waals surface area contributed by atoms with E-state index < -0.39 is 23.3 Å². The summed E-state index contributed by atoms with van der Waals surface area (Å²) in [4.78, 5) is 52.7. The lowest BCUT2D eigenvalue weighted by molar-refractivity contribution is -0.117. The van der Waals surface area contributed by atoms with E-state index in [1.165, 1.54) is 46.3 Å². The Morgan fingerprint density at radius 3 is 2.72 bits per heavy atom. The lowest BCUT2D eigenvalue weighted by Gasteiger charge is -2.20. The van der Waals surface area contributed by atoms with Crippen molar-refractivity contribution in [2.24, 2.45) is 0 Å². The van der Waals surface area contributed by atoms with Crippen LogP contribution in [0.25, 0.3) is 5.57 Å². The second kappa shape index (κ2) is 10.8. The molecule has 0 aliphatic carbocycles. The van der Waals surface area contributed by atoms with E-state index in [4.69, 9.17) is 4.94 Å². The van der Waals surface area contributed by atoms with E-state index in [1.807, 2.05) is 0 Å². The van der Waals surface area contributed by atoms with Crippen LogP contribution in [0.3, 0.4) is 0 Å². The molecule has 0 radical (unpaired) electrons. The lowest BCUT2D eigenvalue weighted by Crippen LogP contribution is -2.38. The zero-order valence-electron chi connectivity index (χ0n) is 21.0. The summed E-state index contributed by atoms with van der Waals surface area (Å²) in [5, 5.41) is 6.91. The summed E-state index contributed by atoms with van der Waals surface area (Å²) in [7, 11) is 1.63. The Morgan fingerprint density at radius 2 is 1.95 bits per heavy atom. The number of nitrogens with one attached hydrogen (secondary N) is 3. The Morgan fingerprint density at radius 1 is 1.15 bits per heavy atom. The van der Waals surface area contributed by atoms with Crippen molar-refractivity contribution in [3.05, 3.63) is 118 Å². The molecule has 0 bridgehead atoms. The van der Waals surface area contributed by atoms with Gasteiger partial charge >= 0.3 is 0 Å². The van der Waals surface area contributed by atoms with Crippen LogP contribution in [0.5, 0.6) is 0 Å². The highest BCUT2D eigenvalue weighted by atomic mass is 19.1. The fourth-order valence-corrected chi connectivity index (χ4v) is 3.96. The molecular formula is C27H24FN7O4. The van der Waals surface area contributed by atoms with Crippen molar-refractivity contribution in [1.82, 2.24) is 30.4 Å². The minimum absolute atomic E-state index is 0.0291. The van der Waals surface area contributed by atoms with Crippen LogP contribution < -0.4 is 21.7 Å². The van der Waals surface area contributed by atoms with Gasteiger partial charge in [-0.3, -0.25) is 23.9 Å². The Labute approximate surface area is 222 Å². The number of fused-ring (bicyclic) bond motifs is 1. The minimum atomic E-state index is -0.547. The number of hydrogen-bond donors (Lipinski definition) is 3. The van der Waals surface area contributed by atoms with Crippen molar-refractivity contribution in [3.8, 4) is 0 Å². The van der Waals surface area contributed by atoms with Gasteiger partial charge in [0.25, 0.3) is 5.56 Å². The van der Waals surface area contributed by atoms with Crippen LogP contribution in [0.1, 0.15) is 34.1 Å². The predicted octanol–water partition coefficient (Wildman–Crippen LogP) is 2.11. The zero-order valence-corrected chi connectivity index (χ0v) is 21.0. The van der Waals surface area contributed by atoms with Crippen molar-refractivity contribution in [1.29, 1.82) is 0 Å². The van der Waals surface area contributed by atoms with Gasteiger partial charge in [0, 0.05) is 35.3 Å². The van der Waals surface area contributed by atoms with E-state index >= 15 is 0 Å². The first-order valence-corrected chi connectivity index (χ1v) is 12.0. The van der Waals surface area contributed by atoms with Gasteiger partial charge in [0.2, 0.25) is 5.91 Å². The molecule has 3 N–H and O–H groups in total. The van der Waals surface area contributed by atoms with Gasteiger partial charge in [-0.05, 0) is 62.0 Å². The fraction of sp³-hybridized carbons (Fsp3) is 0.148. The van der Waals surface area contributed by atoms with Gasteiger partial charge in [-0.2, -0.15) is 4.94 Å². The number of pyridine rings is 1. The number of ketones is 1. The van der Waals surface area contributed by atoms with Crippen molar-refractivity contribution in [2.45, 2.75) is 19.5 Å². The number of likely N-dealkylation sites (N-methyl/N-ethyl adjacent to an activating group) is 1. The van der Waals surface area contributed by atoms with Crippen LogP contribution in [-0.2, 0) is 16.3 Å². The first-order chi connectivity index (χ1) is 18.8. The highest BCUT2D eigenvalue weighted by Gasteiger charge is 2.22. The van der Waals surface area contributed by atoms with Crippen molar-refractivity contribution in [2.75, 3.05) is 12.4 Å². The number of hydrogen-bond acceptors (Lipinski definition) is 9. The highest BCUT2D eigenvalue weighted by Crippen LogP contribution is 2.26. The van der Waals surface area contributed by atoms with E-state index in [-0.39, 0.29) is 23.7 Å². The van der Waals surface area contributed by atoms with E-state index in [0.29, 0.717) is 28.1 Å². The molecule has 5 rings (SSSR count). The number of amides is 1. The Hall–Kier alpha value is -4.94. The summed E-state index contributed by atoms with van der Waals surface area (Å²) in [6.07, 6.45) is 11.4. The van der Waals surface area contributed by atoms with Gasteiger partial charge in [-0.15, -0.1) is 0 Å². The third kappa shape index (κ3) is 5.37. The molecule has 39 heavy (non-hydrogen) atoms. The van der Waals surface area contributed by atoms with E-state index in [2.05, 4.69) is 26.1 Å².